The van der Waals surface area contributed by atoms with Crippen molar-refractivity contribution in [2.45, 2.75) is 32.6 Å². The highest BCUT2D eigenvalue weighted by Crippen LogP contribution is 2.08. The molecular weight excluding hydrogens is 207 g/mol. The number of benzene rings is 1. The summed E-state index contributed by atoms with van der Waals surface area (Å²) >= 11 is 0. The van der Waals surface area contributed by atoms with Crippen molar-refractivity contribution in [2.75, 3.05) is 0 Å². The van der Waals surface area contributed by atoms with Crippen molar-refractivity contribution < 1.29 is 14.0 Å². The zero-order valence-corrected chi connectivity index (χ0v) is 9.33. The van der Waals surface area contributed by atoms with Crippen molar-refractivity contribution in [2.24, 2.45) is 0 Å². The molecule has 0 fully saturated rings. The van der Waals surface area contributed by atoms with Crippen LogP contribution in [0.25, 0.3) is 0 Å². The lowest BCUT2D eigenvalue weighted by Crippen LogP contribution is -2.07. The zero-order chi connectivity index (χ0) is 12.0. The van der Waals surface area contributed by atoms with Gasteiger partial charge in [0, 0.05) is 12.0 Å². The summed E-state index contributed by atoms with van der Waals surface area (Å²) in [6, 6.07) is 5.27. The first-order valence-electron chi connectivity index (χ1n) is 5.44. The molecule has 0 unspecified atom stereocenters. The van der Waals surface area contributed by atoms with Gasteiger partial charge in [-0.2, -0.15) is 0 Å². The summed E-state index contributed by atoms with van der Waals surface area (Å²) in [4.78, 5) is 22.9. The molecule has 0 aliphatic rings. The third kappa shape index (κ3) is 3.93. The van der Waals surface area contributed by atoms with E-state index in [2.05, 4.69) is 0 Å². The number of halogens is 1. The lowest BCUT2D eigenvalue weighted by atomic mass is 10.0. The molecule has 2 nitrogen and oxygen atoms in total. The Hall–Kier alpha value is -1.51. The van der Waals surface area contributed by atoms with Crippen LogP contribution in [0.5, 0.6) is 0 Å². The minimum absolute atomic E-state index is 0.0452. The Bertz CT molecular complexity index is 368. The largest absolute Gasteiger partial charge is 0.299 e. The predicted molar refractivity (Wildman–Crippen MR) is 59.9 cm³/mol. The molecular formula is C13H15FO2. The van der Waals surface area contributed by atoms with E-state index in [0.29, 0.717) is 12.0 Å². The molecule has 0 spiro atoms. The number of ketones is 2. The van der Waals surface area contributed by atoms with Crippen LogP contribution in [0.2, 0.25) is 0 Å². The van der Waals surface area contributed by atoms with E-state index in [1.165, 1.54) is 24.3 Å². The van der Waals surface area contributed by atoms with E-state index in [1.807, 2.05) is 6.92 Å². The number of hydrogen-bond donors (Lipinski definition) is 0. The lowest BCUT2D eigenvalue weighted by molar-refractivity contribution is -0.118. The predicted octanol–water partition coefficient (Wildman–Crippen LogP) is 3.16. The first-order chi connectivity index (χ1) is 7.63. The minimum atomic E-state index is -0.381. The van der Waals surface area contributed by atoms with Crippen LogP contribution in [0.3, 0.4) is 0 Å². The summed E-state index contributed by atoms with van der Waals surface area (Å²) in [7, 11) is 0. The average molecular weight is 222 g/mol. The Kier molecular flexibility index (Phi) is 4.83. The summed E-state index contributed by atoms with van der Waals surface area (Å²) in [5, 5.41) is 0. The summed E-state index contributed by atoms with van der Waals surface area (Å²) in [5.74, 6) is -0.661. The van der Waals surface area contributed by atoms with Gasteiger partial charge in [0.1, 0.15) is 11.6 Å². The molecule has 1 rings (SSSR count). The molecule has 0 heterocycles. The third-order valence-electron chi connectivity index (χ3n) is 2.33. The van der Waals surface area contributed by atoms with E-state index in [9.17, 15) is 14.0 Å². The SMILES string of the molecule is CCCCC(=O)CC(=O)c1ccc(F)cc1. The molecule has 3 heteroatoms. The fourth-order valence-corrected chi connectivity index (χ4v) is 1.38. The number of carbonyl (C=O) groups is 2. The van der Waals surface area contributed by atoms with Crippen molar-refractivity contribution in [3.05, 3.63) is 35.6 Å². The van der Waals surface area contributed by atoms with Crippen LogP contribution in [-0.2, 0) is 4.79 Å². The monoisotopic (exact) mass is 222 g/mol. The molecule has 0 saturated carbocycles. The zero-order valence-electron chi connectivity index (χ0n) is 9.33. The normalized spacial score (nSPS) is 10.1. The summed E-state index contributed by atoms with van der Waals surface area (Å²) in [5.41, 5.74) is 0.395. The average Bonchev–Trinajstić information content (AvgIpc) is 2.27. The highest BCUT2D eigenvalue weighted by Gasteiger charge is 2.11. The Labute approximate surface area is 94.5 Å². The van der Waals surface area contributed by atoms with E-state index in [0.717, 1.165) is 12.8 Å². The van der Waals surface area contributed by atoms with Crippen LogP contribution in [0.4, 0.5) is 4.39 Å². The Morgan fingerprint density at radius 1 is 1.19 bits per heavy atom. The highest BCUT2D eigenvalue weighted by molar-refractivity contribution is 6.07. The van der Waals surface area contributed by atoms with Crippen molar-refractivity contribution >= 4 is 11.6 Å². The van der Waals surface area contributed by atoms with Crippen LogP contribution in [0.15, 0.2) is 24.3 Å². The second kappa shape index (κ2) is 6.16. The summed E-state index contributed by atoms with van der Waals surface area (Å²) < 4.78 is 12.6. The summed E-state index contributed by atoms with van der Waals surface area (Å²) in [6.07, 6.45) is 2.13. The van der Waals surface area contributed by atoms with Gasteiger partial charge in [-0.25, -0.2) is 4.39 Å². The first-order valence-corrected chi connectivity index (χ1v) is 5.44. The van der Waals surface area contributed by atoms with E-state index in [4.69, 9.17) is 0 Å². The van der Waals surface area contributed by atoms with E-state index >= 15 is 0 Å². The number of rotatable bonds is 6. The van der Waals surface area contributed by atoms with Crippen molar-refractivity contribution in [3.63, 3.8) is 0 Å². The van der Waals surface area contributed by atoms with Crippen molar-refractivity contribution in [3.8, 4) is 0 Å². The molecule has 0 bridgehead atoms. The fourth-order valence-electron chi connectivity index (χ4n) is 1.38. The van der Waals surface area contributed by atoms with Gasteiger partial charge in [-0.3, -0.25) is 9.59 Å². The number of Topliss-reactive ketones (excluding diaryl/α,β-unsaturated/α-hetero) is 2. The smallest absolute Gasteiger partial charge is 0.170 e. The molecule has 0 radical (unpaired) electrons. The maximum Gasteiger partial charge on any atom is 0.170 e. The Morgan fingerprint density at radius 2 is 1.81 bits per heavy atom. The number of hydrogen-bond acceptors (Lipinski definition) is 2. The molecule has 86 valence electrons. The first kappa shape index (κ1) is 12.6. The van der Waals surface area contributed by atoms with Gasteiger partial charge in [-0.05, 0) is 30.7 Å². The third-order valence-corrected chi connectivity index (χ3v) is 2.33. The molecule has 0 atom stereocenters. The van der Waals surface area contributed by atoms with Gasteiger partial charge in [0.25, 0.3) is 0 Å². The van der Waals surface area contributed by atoms with Crippen molar-refractivity contribution in [1.29, 1.82) is 0 Å². The lowest BCUT2D eigenvalue weighted by Gasteiger charge is -2.00. The van der Waals surface area contributed by atoms with Gasteiger partial charge in [0.15, 0.2) is 5.78 Å². The molecule has 0 aliphatic heterocycles. The standard InChI is InChI=1S/C13H15FO2/c1-2-3-4-12(15)9-13(16)10-5-7-11(14)8-6-10/h5-8H,2-4,9H2,1H3. The molecule has 0 aliphatic carbocycles. The minimum Gasteiger partial charge on any atom is -0.299 e. The second-order valence-corrected chi connectivity index (χ2v) is 3.75. The van der Waals surface area contributed by atoms with Crippen molar-refractivity contribution in [1.82, 2.24) is 0 Å². The van der Waals surface area contributed by atoms with Gasteiger partial charge in [-0.15, -0.1) is 0 Å². The molecule has 0 N–H and O–H groups in total. The topological polar surface area (TPSA) is 34.1 Å². The van der Waals surface area contributed by atoms with E-state index in [-0.39, 0.29) is 23.8 Å². The number of carbonyl (C=O) groups excluding carboxylic acids is 2. The van der Waals surface area contributed by atoms with Crippen LogP contribution in [0.1, 0.15) is 43.0 Å². The van der Waals surface area contributed by atoms with E-state index in [1.54, 1.807) is 0 Å². The Morgan fingerprint density at radius 3 is 2.38 bits per heavy atom. The van der Waals surface area contributed by atoms with Gasteiger partial charge >= 0.3 is 0 Å². The van der Waals surface area contributed by atoms with Crippen LogP contribution in [0, 0.1) is 5.82 Å². The molecule has 0 saturated heterocycles. The van der Waals surface area contributed by atoms with Crippen LogP contribution >= 0.6 is 0 Å². The van der Waals surface area contributed by atoms with Crippen LogP contribution < -0.4 is 0 Å². The molecule has 1 aromatic rings. The van der Waals surface area contributed by atoms with E-state index < -0.39 is 0 Å². The van der Waals surface area contributed by atoms with Gasteiger partial charge in [0.2, 0.25) is 0 Å². The van der Waals surface area contributed by atoms with Gasteiger partial charge in [-0.1, -0.05) is 13.3 Å². The van der Waals surface area contributed by atoms with Crippen LogP contribution in [-0.4, -0.2) is 11.6 Å². The maximum atomic E-state index is 12.6. The highest BCUT2D eigenvalue weighted by atomic mass is 19.1. The molecule has 16 heavy (non-hydrogen) atoms. The van der Waals surface area contributed by atoms with Gasteiger partial charge in [0.05, 0.1) is 6.42 Å². The fraction of sp³-hybridized carbons (Fsp3) is 0.385. The molecule has 1 aromatic carbocycles. The quantitative estimate of drug-likeness (QED) is 0.547. The second-order valence-electron chi connectivity index (χ2n) is 3.75. The Balaban J connectivity index is 2.52. The molecule has 0 aromatic heterocycles. The summed E-state index contributed by atoms with van der Waals surface area (Å²) in [6.45, 7) is 2.00. The maximum absolute atomic E-state index is 12.6. The molecule has 0 amide bonds. The number of unbranched alkanes of at least 4 members (excludes halogenated alkanes) is 1. The van der Waals surface area contributed by atoms with Gasteiger partial charge < -0.3 is 0 Å².